The highest BCUT2D eigenvalue weighted by molar-refractivity contribution is 5.67. The van der Waals surface area contributed by atoms with Crippen LogP contribution in [0.5, 0.6) is 0 Å². The molecule has 2 aliphatic carbocycles. The average Bonchev–Trinajstić information content (AvgIpc) is 3.14. The molecule has 7 heteroatoms. The number of ether oxygens (including phenoxy) is 4. The standard InChI is InChI=1S/C27H44O7/c28-21-18-23(34-26-14-5-7-16-32-26)27(20(21)17-24(29)30)22(33-25-13-4-6-15-31-25)12-8-11-19-9-2-1-3-10-19/h12,19-21,23,25-28H,1-11,13-18H2,(H,29,30)/t20-,21-,23+,25?,26?,27-/m1/s1. The molecule has 2 N–H and O–H groups in total. The highest BCUT2D eigenvalue weighted by Gasteiger charge is 2.48. The lowest BCUT2D eigenvalue weighted by atomic mass is 9.85. The zero-order chi connectivity index (χ0) is 23.8. The number of carboxylic acid groups (broad SMARTS) is 1. The van der Waals surface area contributed by atoms with Crippen molar-refractivity contribution >= 4 is 5.97 Å². The lowest BCUT2D eigenvalue weighted by molar-refractivity contribution is -0.201. The second-order valence-electron chi connectivity index (χ2n) is 10.7. The van der Waals surface area contributed by atoms with E-state index in [0.29, 0.717) is 19.6 Å². The van der Waals surface area contributed by atoms with E-state index in [-0.39, 0.29) is 31.0 Å². The zero-order valence-corrected chi connectivity index (χ0v) is 20.6. The molecule has 2 heterocycles. The SMILES string of the molecule is O=C(O)C[C@H]1[C@H](C(=CCCC2CCCCC2)OC2CCCCO2)[C@@H](OC2CCCCO2)C[C@H]1O. The summed E-state index contributed by atoms with van der Waals surface area (Å²) in [6.07, 6.45) is 15.2. The number of carboxylic acids is 1. The normalized spacial score (nSPS) is 35.9. The van der Waals surface area contributed by atoms with Crippen LogP contribution in [0.15, 0.2) is 11.8 Å². The summed E-state index contributed by atoms with van der Waals surface area (Å²) >= 11 is 0. The lowest BCUT2D eigenvalue weighted by Gasteiger charge is -2.34. The predicted octanol–water partition coefficient (Wildman–Crippen LogP) is 5.16. The number of hydrogen-bond donors (Lipinski definition) is 2. The van der Waals surface area contributed by atoms with Gasteiger partial charge in [-0.15, -0.1) is 0 Å². The molecule has 0 aromatic rings. The summed E-state index contributed by atoms with van der Waals surface area (Å²) in [6.45, 7) is 1.36. The predicted molar refractivity (Wildman–Crippen MR) is 127 cm³/mol. The summed E-state index contributed by atoms with van der Waals surface area (Å²) < 4.78 is 24.5. The minimum atomic E-state index is -0.904. The Morgan fingerprint density at radius 3 is 2.24 bits per heavy atom. The van der Waals surface area contributed by atoms with Crippen molar-refractivity contribution in [3.63, 3.8) is 0 Å². The molecule has 2 saturated heterocycles. The Bertz CT molecular complexity index is 647. The van der Waals surface area contributed by atoms with Gasteiger partial charge in [-0.25, -0.2) is 0 Å². The summed E-state index contributed by atoms with van der Waals surface area (Å²) in [5.74, 6) is -0.154. The number of rotatable bonds is 10. The molecule has 6 atom stereocenters. The molecule has 0 spiro atoms. The van der Waals surface area contributed by atoms with Gasteiger partial charge in [-0.2, -0.15) is 0 Å². The molecule has 0 amide bonds. The van der Waals surface area contributed by atoms with Crippen LogP contribution >= 0.6 is 0 Å². The first-order valence-corrected chi connectivity index (χ1v) is 13.8. The minimum Gasteiger partial charge on any atom is -0.481 e. The van der Waals surface area contributed by atoms with Crippen LogP contribution in [0.1, 0.15) is 96.3 Å². The van der Waals surface area contributed by atoms with Gasteiger partial charge < -0.3 is 29.2 Å². The van der Waals surface area contributed by atoms with Crippen LogP contribution in [0.2, 0.25) is 0 Å². The maximum absolute atomic E-state index is 11.7. The highest BCUT2D eigenvalue weighted by atomic mass is 16.7. The van der Waals surface area contributed by atoms with E-state index in [1.54, 1.807) is 0 Å². The fourth-order valence-corrected chi connectivity index (χ4v) is 6.24. The summed E-state index contributed by atoms with van der Waals surface area (Å²) in [5.41, 5.74) is 0. The molecule has 0 bridgehead atoms. The Labute approximate surface area is 204 Å². The van der Waals surface area contributed by atoms with E-state index in [1.807, 2.05) is 0 Å². The highest BCUT2D eigenvalue weighted by Crippen LogP contribution is 2.44. The van der Waals surface area contributed by atoms with Crippen molar-refractivity contribution in [2.24, 2.45) is 17.8 Å². The van der Waals surface area contributed by atoms with Crippen molar-refractivity contribution in [2.75, 3.05) is 13.2 Å². The molecule has 7 nitrogen and oxygen atoms in total. The van der Waals surface area contributed by atoms with E-state index in [1.165, 1.54) is 32.1 Å². The Morgan fingerprint density at radius 1 is 0.912 bits per heavy atom. The number of aliphatic hydroxyl groups excluding tert-OH is 1. The van der Waals surface area contributed by atoms with Crippen LogP contribution in [-0.4, -0.2) is 54.2 Å². The van der Waals surface area contributed by atoms with Crippen molar-refractivity contribution in [1.29, 1.82) is 0 Å². The van der Waals surface area contributed by atoms with Gasteiger partial charge in [0.05, 0.1) is 25.2 Å². The molecular formula is C27H44O7. The number of aliphatic hydroxyl groups is 1. The maximum atomic E-state index is 11.7. The molecular weight excluding hydrogens is 436 g/mol. The molecule has 4 rings (SSSR count). The van der Waals surface area contributed by atoms with Crippen LogP contribution in [0.3, 0.4) is 0 Å². The summed E-state index contributed by atoms with van der Waals surface area (Å²) in [7, 11) is 0. The second-order valence-corrected chi connectivity index (χ2v) is 10.7. The Morgan fingerprint density at radius 2 is 1.59 bits per heavy atom. The van der Waals surface area contributed by atoms with E-state index in [9.17, 15) is 15.0 Å². The molecule has 34 heavy (non-hydrogen) atoms. The molecule has 4 aliphatic rings. The third-order valence-corrected chi connectivity index (χ3v) is 8.08. The van der Waals surface area contributed by atoms with Gasteiger partial charge in [0.1, 0.15) is 5.76 Å². The lowest BCUT2D eigenvalue weighted by Crippen LogP contribution is -2.35. The monoisotopic (exact) mass is 480 g/mol. The van der Waals surface area contributed by atoms with Crippen LogP contribution in [-0.2, 0) is 23.7 Å². The number of carbonyl (C=O) groups is 1. The quantitative estimate of drug-likeness (QED) is 0.417. The molecule has 0 aromatic carbocycles. The Hall–Kier alpha value is -1.15. The van der Waals surface area contributed by atoms with Crippen molar-refractivity contribution in [3.8, 4) is 0 Å². The summed E-state index contributed by atoms with van der Waals surface area (Å²) in [6, 6.07) is 0. The smallest absolute Gasteiger partial charge is 0.303 e. The van der Waals surface area contributed by atoms with Gasteiger partial charge in [0.25, 0.3) is 0 Å². The fourth-order valence-electron chi connectivity index (χ4n) is 6.24. The van der Waals surface area contributed by atoms with E-state index in [2.05, 4.69) is 6.08 Å². The van der Waals surface area contributed by atoms with Crippen LogP contribution in [0.25, 0.3) is 0 Å². The Balaban J connectivity index is 1.52. The number of allylic oxidation sites excluding steroid dienone is 1. The molecule has 4 fully saturated rings. The summed E-state index contributed by atoms with van der Waals surface area (Å²) in [4.78, 5) is 11.7. The van der Waals surface area contributed by atoms with Gasteiger partial charge >= 0.3 is 5.97 Å². The minimum absolute atomic E-state index is 0.105. The molecule has 2 aliphatic heterocycles. The van der Waals surface area contributed by atoms with Crippen molar-refractivity contribution in [2.45, 2.75) is 121 Å². The maximum Gasteiger partial charge on any atom is 0.303 e. The topological polar surface area (TPSA) is 94.5 Å². The van der Waals surface area contributed by atoms with E-state index >= 15 is 0 Å². The first kappa shape index (κ1) is 25.9. The van der Waals surface area contributed by atoms with E-state index in [4.69, 9.17) is 18.9 Å². The largest absolute Gasteiger partial charge is 0.481 e. The average molecular weight is 481 g/mol. The Kier molecular flexibility index (Phi) is 10.1. The second kappa shape index (κ2) is 13.2. The van der Waals surface area contributed by atoms with Gasteiger partial charge in [0.2, 0.25) is 0 Å². The molecule has 0 aromatic heterocycles. The molecule has 2 unspecified atom stereocenters. The zero-order valence-electron chi connectivity index (χ0n) is 20.6. The molecule has 2 saturated carbocycles. The first-order valence-electron chi connectivity index (χ1n) is 13.8. The van der Waals surface area contributed by atoms with Crippen molar-refractivity contribution < 1.29 is 34.0 Å². The molecule has 0 radical (unpaired) electrons. The van der Waals surface area contributed by atoms with Crippen LogP contribution in [0.4, 0.5) is 0 Å². The van der Waals surface area contributed by atoms with Gasteiger partial charge in [-0.05, 0) is 56.9 Å². The number of aliphatic carboxylic acids is 1. The fraction of sp³-hybridized carbons (Fsp3) is 0.889. The van der Waals surface area contributed by atoms with Gasteiger partial charge in [-0.1, -0.05) is 32.1 Å². The first-order chi connectivity index (χ1) is 16.6. The van der Waals surface area contributed by atoms with Crippen LogP contribution < -0.4 is 0 Å². The van der Waals surface area contributed by atoms with E-state index < -0.39 is 18.0 Å². The van der Waals surface area contributed by atoms with Gasteiger partial charge in [0.15, 0.2) is 12.6 Å². The van der Waals surface area contributed by atoms with Crippen molar-refractivity contribution in [1.82, 2.24) is 0 Å². The van der Waals surface area contributed by atoms with E-state index in [0.717, 1.165) is 63.0 Å². The van der Waals surface area contributed by atoms with Crippen LogP contribution in [0, 0.1) is 17.8 Å². The molecule has 194 valence electrons. The summed E-state index contributed by atoms with van der Waals surface area (Å²) in [5, 5.41) is 20.5. The van der Waals surface area contributed by atoms with Crippen molar-refractivity contribution in [3.05, 3.63) is 11.8 Å². The third-order valence-electron chi connectivity index (χ3n) is 8.08. The third kappa shape index (κ3) is 7.42. The van der Waals surface area contributed by atoms with Gasteiger partial charge in [0, 0.05) is 31.3 Å². The van der Waals surface area contributed by atoms with Gasteiger partial charge in [-0.3, -0.25) is 4.79 Å². The number of hydrogen-bond acceptors (Lipinski definition) is 6.